The minimum Gasteiger partial charge on any atom is -1.00 e. The van der Waals surface area contributed by atoms with Gasteiger partial charge in [0.15, 0.2) is 0 Å². The fourth-order valence-corrected chi connectivity index (χ4v) is 0. The molecule has 0 aromatic carbocycles. The molecule has 0 heterocycles. The minimum absolute atomic E-state index is 0. The molecule has 0 aromatic heterocycles. The maximum absolute atomic E-state index is 4.90. The minimum atomic E-state index is 0. The maximum Gasteiger partial charge on any atom is 0.136 e. The molecule has 0 aliphatic carbocycles. The summed E-state index contributed by atoms with van der Waals surface area (Å²) in [6.45, 7) is 2.00. The molecule has 2 nitrogen and oxygen atoms in total. The Kier molecular flexibility index (Phi) is 133. The van der Waals surface area contributed by atoms with Gasteiger partial charge >= 0.3 is 0 Å². The molecule has 0 aliphatic heterocycles. The second kappa shape index (κ2) is 34.5. The number of rotatable bonds is 1. The Balaban J connectivity index is -0.0000000150. The average molecular weight is 147 g/mol. The van der Waals surface area contributed by atoms with E-state index in [1.807, 2.05) is 6.92 Å². The van der Waals surface area contributed by atoms with Gasteiger partial charge in [-0.3, -0.25) is 5.41 Å². The van der Waals surface area contributed by atoms with Gasteiger partial charge in [0.2, 0.25) is 0 Å². The molecule has 0 aliphatic rings. The molecule has 0 amide bonds. The number of hydrogen-bond acceptors (Lipinski definition) is 0. The Morgan fingerprint density at radius 3 is 1.57 bits per heavy atom. The van der Waals surface area contributed by atoms with Crippen LogP contribution in [0.1, 0.15) is 13.3 Å². The van der Waals surface area contributed by atoms with Crippen LogP contribution in [0.5, 0.6) is 0 Å². The van der Waals surface area contributed by atoms with Crippen LogP contribution in [0.4, 0.5) is 0 Å². The highest BCUT2D eigenvalue weighted by Gasteiger charge is 1.54. The molecule has 48 valence electrons. The van der Waals surface area contributed by atoms with Gasteiger partial charge in [-0.05, 0) is 0 Å². The zero-order chi connectivity index (χ0) is 3.41. The summed E-state index contributed by atoms with van der Waals surface area (Å²) in [4.78, 5) is 0. The Bertz CT molecular complexity index is 24.9. The lowest BCUT2D eigenvalue weighted by molar-refractivity contribution is -0.107. The first kappa shape index (κ1) is 27.0. The molecular weight excluding hydrogens is 135 g/mol. The maximum atomic E-state index is 4.90. The Hall–Kier alpha value is 0.210. The van der Waals surface area contributed by atoms with E-state index in [1.165, 1.54) is 0 Å². The van der Waals surface area contributed by atoms with Crippen LogP contribution >= 0.6 is 0 Å². The van der Waals surface area contributed by atoms with E-state index in [1.54, 1.807) is 6.21 Å². The molecule has 0 radical (unpaired) electrons. The monoisotopic (exact) mass is 146 g/mol. The lowest BCUT2D eigenvalue weighted by atomic mass is 10.6. The topological polar surface area (TPSA) is 62.1 Å². The van der Waals surface area contributed by atoms with Crippen molar-refractivity contribution in [2.75, 3.05) is 0 Å². The molecule has 0 unspecified atom stereocenters. The van der Waals surface area contributed by atoms with Crippen molar-refractivity contribution in [3.05, 3.63) is 0 Å². The highest BCUT2D eigenvalue weighted by Crippen LogP contribution is 1.50. The van der Waals surface area contributed by atoms with Crippen molar-refractivity contribution in [1.82, 2.24) is 6.15 Å². The molecule has 4 heteroatoms. The summed E-state index contributed by atoms with van der Waals surface area (Å²) in [6, 6.07) is 0. The van der Waals surface area contributed by atoms with Crippen molar-refractivity contribution < 1.29 is 30.2 Å². The quantitative estimate of drug-likeness (QED) is 0.346. The van der Waals surface area contributed by atoms with Crippen molar-refractivity contribution in [2.45, 2.75) is 13.3 Å². The third-order valence-corrected chi connectivity index (χ3v) is 0.236. The summed E-state index contributed by atoms with van der Waals surface area (Å²) in [5.41, 5.74) is 0. The summed E-state index contributed by atoms with van der Waals surface area (Å²) < 4.78 is 0. The van der Waals surface area contributed by atoms with Gasteiger partial charge in [-0.15, -0.1) is 0 Å². The van der Waals surface area contributed by atoms with E-state index >= 15 is 0 Å². The molecule has 0 atom stereocenters. The molecule has 0 saturated carbocycles. The van der Waals surface area contributed by atoms with Crippen LogP contribution in [0, 0.1) is 0 Å². The van der Waals surface area contributed by atoms with Gasteiger partial charge in [0.1, 0.15) is 6.21 Å². The highest BCUT2D eigenvalue weighted by atomic mass is 35.5. The van der Waals surface area contributed by atoms with Crippen molar-refractivity contribution >= 4 is 6.21 Å². The molecule has 7 heavy (non-hydrogen) atoms. The predicted molar refractivity (Wildman–Crippen MR) is 24.3 cm³/mol. The van der Waals surface area contributed by atoms with Crippen LogP contribution in [0.3, 0.4) is 0 Å². The second-order valence-electron chi connectivity index (χ2n) is 0.644. The van der Waals surface area contributed by atoms with E-state index in [0.29, 0.717) is 0 Å². The fourth-order valence-electron chi connectivity index (χ4n) is 0. The van der Waals surface area contributed by atoms with E-state index in [2.05, 4.69) is 0 Å². The van der Waals surface area contributed by atoms with Gasteiger partial charge in [0.05, 0.1) is 0 Å². The smallest absolute Gasteiger partial charge is 0.136 e. The van der Waals surface area contributed by atoms with Crippen molar-refractivity contribution in [2.24, 2.45) is 0 Å². The van der Waals surface area contributed by atoms with E-state index in [4.69, 9.17) is 5.41 Å². The summed E-state index contributed by atoms with van der Waals surface area (Å²) in [7, 11) is 0. The number of nitrogens with two attached hydrogens (primary N) is 1. The van der Waals surface area contributed by atoms with Crippen molar-refractivity contribution in [3.8, 4) is 0 Å². The average Bonchev–Trinajstić information content (AvgIpc) is 1.37. The van der Waals surface area contributed by atoms with E-state index in [0.717, 1.165) is 6.42 Å². The van der Waals surface area contributed by atoms with E-state index < -0.39 is 0 Å². The highest BCUT2D eigenvalue weighted by molar-refractivity contribution is 5.48. The zero-order valence-corrected chi connectivity index (χ0v) is 6.13. The molecule has 0 saturated heterocycles. The Morgan fingerprint density at radius 1 is 1.43 bits per heavy atom. The van der Waals surface area contributed by atoms with Crippen LogP contribution in [-0.4, -0.2) is 6.21 Å². The normalized spacial score (nSPS) is 3.57. The summed E-state index contributed by atoms with van der Waals surface area (Å²) in [6.07, 6.45) is 2.60. The molecular formula is C3H12Cl2N2. The zero-order valence-electron chi connectivity index (χ0n) is 4.62. The lowest BCUT2D eigenvalue weighted by Crippen LogP contribution is -3.00. The van der Waals surface area contributed by atoms with Gasteiger partial charge in [-0.25, -0.2) is 0 Å². The molecule has 0 bridgehead atoms. The van der Waals surface area contributed by atoms with Crippen LogP contribution < -0.4 is 36.4 Å². The molecule has 0 rings (SSSR count). The van der Waals surface area contributed by atoms with Gasteiger partial charge in [-0.2, -0.15) is 0 Å². The van der Waals surface area contributed by atoms with Crippen LogP contribution in [0.2, 0.25) is 0 Å². The third kappa shape index (κ3) is 75.2. The predicted octanol–water partition coefficient (Wildman–Crippen LogP) is -6.39. The number of hydrogen-bond donors (Lipinski definition) is 2. The van der Waals surface area contributed by atoms with Crippen LogP contribution in [0.25, 0.3) is 0 Å². The van der Waals surface area contributed by atoms with Gasteiger partial charge in [0, 0.05) is 6.42 Å². The Morgan fingerprint density at radius 2 is 1.57 bits per heavy atom. The summed E-state index contributed by atoms with van der Waals surface area (Å²) in [5.74, 6) is 0. The SMILES string of the molecule is CCC=[NH2+].[Cl-].[Cl-].[NH4+]. The Labute approximate surface area is 56.6 Å². The van der Waals surface area contributed by atoms with Gasteiger partial charge in [0.25, 0.3) is 0 Å². The molecule has 0 fully saturated rings. The fraction of sp³-hybridized carbons (Fsp3) is 0.667. The standard InChI is InChI=1S/C3H7N.2ClH.H3N/c1-2-3-4;;;/h3-4H,2H2,1H3;2*1H;1H3. The molecule has 0 aromatic rings. The van der Waals surface area contributed by atoms with E-state index in [-0.39, 0.29) is 31.0 Å². The number of halogens is 2. The summed E-state index contributed by atoms with van der Waals surface area (Å²) in [5, 5.41) is 4.90. The molecule has 6 N–H and O–H groups in total. The van der Waals surface area contributed by atoms with Crippen LogP contribution in [0.15, 0.2) is 0 Å². The van der Waals surface area contributed by atoms with Crippen LogP contribution in [-0.2, 0) is 0 Å². The molecule has 0 spiro atoms. The van der Waals surface area contributed by atoms with Crippen molar-refractivity contribution in [1.29, 1.82) is 0 Å². The lowest BCUT2D eigenvalue weighted by Gasteiger charge is -1.49. The van der Waals surface area contributed by atoms with Crippen molar-refractivity contribution in [3.63, 3.8) is 0 Å². The summed E-state index contributed by atoms with van der Waals surface area (Å²) >= 11 is 0. The first-order valence-electron chi connectivity index (χ1n) is 1.45. The number of quaternary nitrogens is 1. The second-order valence-corrected chi connectivity index (χ2v) is 0.644. The first-order valence-corrected chi connectivity index (χ1v) is 1.45. The van der Waals surface area contributed by atoms with Gasteiger partial charge < -0.3 is 31.0 Å². The largest absolute Gasteiger partial charge is 1.00 e. The van der Waals surface area contributed by atoms with Gasteiger partial charge in [-0.1, -0.05) is 6.92 Å². The van der Waals surface area contributed by atoms with E-state index in [9.17, 15) is 0 Å². The third-order valence-electron chi connectivity index (χ3n) is 0.236. The first-order chi connectivity index (χ1) is 1.91.